The molecule has 8 heteroatoms. The average Bonchev–Trinajstić information content (AvgIpc) is 3.40. The molecule has 3 rings (SSSR count). The van der Waals surface area contributed by atoms with Crippen molar-refractivity contribution in [3.8, 4) is 0 Å². The van der Waals surface area contributed by atoms with E-state index in [1.807, 2.05) is 6.08 Å². The van der Waals surface area contributed by atoms with Gasteiger partial charge in [-0.05, 0) is 39.5 Å². The quantitative estimate of drug-likeness (QED) is 0.521. The summed E-state index contributed by atoms with van der Waals surface area (Å²) in [5, 5.41) is 2.87. The van der Waals surface area contributed by atoms with Crippen LogP contribution in [0.25, 0.3) is 0 Å². The van der Waals surface area contributed by atoms with Gasteiger partial charge in [-0.2, -0.15) is 0 Å². The molecule has 2 heterocycles. The van der Waals surface area contributed by atoms with E-state index < -0.39 is 29.6 Å². The largest absolute Gasteiger partial charge is 0.444 e. The van der Waals surface area contributed by atoms with Crippen molar-refractivity contribution in [3.05, 3.63) is 12.7 Å². The molecule has 1 N–H and O–H groups in total. The van der Waals surface area contributed by atoms with Gasteiger partial charge in [0.25, 0.3) is 0 Å². The second kappa shape index (κ2) is 8.85. The van der Waals surface area contributed by atoms with E-state index in [9.17, 15) is 9.59 Å². The summed E-state index contributed by atoms with van der Waals surface area (Å²) < 4.78 is 22.8. The highest BCUT2D eigenvalue weighted by Gasteiger charge is 2.61. The number of methoxy groups -OCH3 is 2. The number of alkyl carbamates (subject to hydrolysis) is 1. The fraction of sp³-hybridized carbons (Fsp3) is 0.818. The number of carbonyl (C=O) groups excluding carboxylic acids is 2. The number of fused-ring (bicyclic) bond motifs is 1. The Morgan fingerprint density at radius 1 is 1.23 bits per heavy atom. The first-order valence-corrected chi connectivity index (χ1v) is 10.8. The van der Waals surface area contributed by atoms with Gasteiger partial charge in [-0.1, -0.05) is 18.9 Å². The monoisotopic (exact) mass is 424 g/mol. The zero-order valence-corrected chi connectivity index (χ0v) is 18.8. The molecule has 2 amide bonds. The number of nitrogens with one attached hydrogen (secondary N) is 1. The number of ether oxygens (including phenoxy) is 4. The van der Waals surface area contributed by atoms with Crippen molar-refractivity contribution in [2.45, 2.75) is 76.0 Å². The van der Waals surface area contributed by atoms with Gasteiger partial charge in [-0.25, -0.2) is 4.79 Å². The van der Waals surface area contributed by atoms with Crippen molar-refractivity contribution in [1.29, 1.82) is 0 Å². The molecule has 0 radical (unpaired) electrons. The number of hydrogen-bond acceptors (Lipinski definition) is 6. The molecule has 2 aliphatic heterocycles. The summed E-state index contributed by atoms with van der Waals surface area (Å²) in [5.41, 5.74) is -0.638. The van der Waals surface area contributed by atoms with Crippen LogP contribution in [-0.2, 0) is 23.7 Å². The summed E-state index contributed by atoms with van der Waals surface area (Å²) in [5.74, 6) is -1.13. The highest BCUT2D eigenvalue weighted by Crippen LogP contribution is 2.42. The molecule has 3 fully saturated rings. The molecule has 8 nitrogen and oxygen atoms in total. The Balaban J connectivity index is 1.86. The lowest BCUT2D eigenvalue weighted by Gasteiger charge is -2.38. The number of amides is 2. The minimum Gasteiger partial charge on any atom is -0.444 e. The van der Waals surface area contributed by atoms with E-state index in [0.717, 1.165) is 25.7 Å². The highest BCUT2D eigenvalue weighted by atomic mass is 16.7. The van der Waals surface area contributed by atoms with Crippen molar-refractivity contribution in [1.82, 2.24) is 10.2 Å². The van der Waals surface area contributed by atoms with Crippen molar-refractivity contribution < 1.29 is 28.5 Å². The molecule has 0 aromatic carbocycles. The second-order valence-corrected chi connectivity index (χ2v) is 9.50. The van der Waals surface area contributed by atoms with Gasteiger partial charge in [-0.3, -0.25) is 4.79 Å². The third kappa shape index (κ3) is 4.36. The number of rotatable bonds is 6. The van der Waals surface area contributed by atoms with Crippen molar-refractivity contribution in [3.63, 3.8) is 0 Å². The molecular formula is C22H36N2O6. The van der Waals surface area contributed by atoms with E-state index in [1.54, 1.807) is 39.9 Å². The molecule has 30 heavy (non-hydrogen) atoms. The molecule has 4 atom stereocenters. The van der Waals surface area contributed by atoms with Gasteiger partial charge in [0.1, 0.15) is 24.3 Å². The van der Waals surface area contributed by atoms with Crippen molar-refractivity contribution in [2.24, 2.45) is 11.8 Å². The molecule has 0 aromatic rings. The summed E-state index contributed by atoms with van der Waals surface area (Å²) in [4.78, 5) is 28.1. The lowest BCUT2D eigenvalue weighted by Crippen LogP contribution is -2.60. The molecule has 0 unspecified atom stereocenters. The maximum Gasteiger partial charge on any atom is 0.408 e. The van der Waals surface area contributed by atoms with Crippen LogP contribution in [0, 0.1) is 11.8 Å². The van der Waals surface area contributed by atoms with Crippen molar-refractivity contribution >= 4 is 12.0 Å². The Morgan fingerprint density at radius 2 is 1.87 bits per heavy atom. The Labute approximate surface area is 179 Å². The van der Waals surface area contributed by atoms with Crippen LogP contribution in [0.5, 0.6) is 0 Å². The van der Waals surface area contributed by atoms with Gasteiger partial charge in [0.2, 0.25) is 11.7 Å². The van der Waals surface area contributed by atoms with Crippen LogP contribution in [0.1, 0.15) is 46.5 Å². The summed E-state index contributed by atoms with van der Waals surface area (Å²) in [7, 11) is 3.12. The van der Waals surface area contributed by atoms with Gasteiger partial charge >= 0.3 is 6.09 Å². The Kier molecular flexibility index (Phi) is 6.79. The Bertz CT molecular complexity index is 651. The third-order valence-corrected chi connectivity index (χ3v) is 6.49. The fourth-order valence-electron chi connectivity index (χ4n) is 5.02. The van der Waals surface area contributed by atoms with Crippen molar-refractivity contribution in [2.75, 3.05) is 27.4 Å². The van der Waals surface area contributed by atoms with Crippen LogP contribution in [0.2, 0.25) is 0 Å². The van der Waals surface area contributed by atoms with Gasteiger partial charge < -0.3 is 29.2 Å². The van der Waals surface area contributed by atoms with E-state index in [2.05, 4.69) is 11.9 Å². The molecule has 2 saturated heterocycles. The standard InChI is InChI=1S/C22H36N2O6/c1-7-14-12-24(18-17(14)29-13-22(18,27-5)28-6)19(25)16(15-10-8-9-11-15)23-20(26)30-21(2,3)4/h7,14-18H,1,8-13H2,2-6H3,(H,23,26)/t14-,16+,17-,18+/m1/s1. The maximum absolute atomic E-state index is 13.8. The van der Waals surface area contributed by atoms with Gasteiger partial charge in [0, 0.05) is 26.7 Å². The van der Waals surface area contributed by atoms with E-state index in [1.165, 1.54) is 0 Å². The average molecular weight is 425 g/mol. The highest BCUT2D eigenvalue weighted by molar-refractivity contribution is 5.87. The van der Waals surface area contributed by atoms with Gasteiger partial charge in [0.15, 0.2) is 0 Å². The summed E-state index contributed by atoms with van der Waals surface area (Å²) in [6.07, 6.45) is 4.89. The molecular weight excluding hydrogens is 388 g/mol. The van der Waals surface area contributed by atoms with E-state index >= 15 is 0 Å². The summed E-state index contributed by atoms with van der Waals surface area (Å²) in [6.45, 7) is 10.0. The van der Waals surface area contributed by atoms with Crippen LogP contribution in [-0.4, -0.2) is 73.8 Å². The zero-order chi connectivity index (χ0) is 22.1. The maximum atomic E-state index is 13.8. The van der Waals surface area contributed by atoms with Gasteiger partial charge in [0.05, 0.1) is 6.10 Å². The minimum atomic E-state index is -1.04. The zero-order valence-electron chi connectivity index (χ0n) is 18.8. The lowest BCUT2D eigenvalue weighted by molar-refractivity contribution is -0.227. The molecule has 0 aromatic heterocycles. The number of hydrogen-bond donors (Lipinski definition) is 1. The molecule has 170 valence electrons. The summed E-state index contributed by atoms with van der Waals surface area (Å²) in [6, 6.07) is -1.06. The van der Waals surface area contributed by atoms with Crippen LogP contribution in [0.15, 0.2) is 12.7 Å². The molecule has 1 aliphatic carbocycles. The first-order chi connectivity index (χ1) is 14.2. The number of likely N-dealkylation sites (tertiary alicyclic amines) is 1. The number of nitrogens with zero attached hydrogens (tertiary/aromatic N) is 1. The van der Waals surface area contributed by atoms with Crippen LogP contribution < -0.4 is 5.32 Å². The third-order valence-electron chi connectivity index (χ3n) is 6.49. The topological polar surface area (TPSA) is 86.3 Å². The number of carbonyl (C=O) groups is 2. The first-order valence-electron chi connectivity index (χ1n) is 10.8. The lowest BCUT2D eigenvalue weighted by atomic mass is 9.95. The van der Waals surface area contributed by atoms with E-state index in [-0.39, 0.29) is 30.5 Å². The Hall–Kier alpha value is -1.64. The second-order valence-electron chi connectivity index (χ2n) is 9.50. The predicted molar refractivity (Wildman–Crippen MR) is 111 cm³/mol. The minimum absolute atomic E-state index is 0.0307. The van der Waals surface area contributed by atoms with Crippen LogP contribution in [0.3, 0.4) is 0 Å². The van der Waals surface area contributed by atoms with Crippen LogP contribution in [0.4, 0.5) is 4.79 Å². The summed E-state index contributed by atoms with van der Waals surface area (Å²) >= 11 is 0. The molecule has 0 spiro atoms. The molecule has 3 aliphatic rings. The van der Waals surface area contributed by atoms with E-state index in [4.69, 9.17) is 18.9 Å². The molecule has 0 bridgehead atoms. The van der Waals surface area contributed by atoms with Gasteiger partial charge in [-0.15, -0.1) is 6.58 Å². The molecule has 1 saturated carbocycles. The first kappa shape index (κ1) is 23.0. The smallest absolute Gasteiger partial charge is 0.408 e. The fourth-order valence-corrected chi connectivity index (χ4v) is 5.02. The SMILES string of the molecule is C=C[C@@H]1CN(C(=O)[C@@H](NC(=O)OC(C)(C)C)C2CCCC2)[C@H]2[C@@H]1OCC2(OC)OC. The Morgan fingerprint density at radius 3 is 2.40 bits per heavy atom. The van der Waals surface area contributed by atoms with Crippen LogP contribution >= 0.6 is 0 Å². The normalized spacial score (nSPS) is 29.5. The van der Waals surface area contributed by atoms with E-state index in [0.29, 0.717) is 6.54 Å². The predicted octanol–water partition coefficient (Wildman–Crippen LogP) is 2.47.